The van der Waals surface area contributed by atoms with Gasteiger partial charge < -0.3 is 0 Å². The van der Waals surface area contributed by atoms with Gasteiger partial charge in [0.1, 0.15) is 0 Å². The first kappa shape index (κ1) is 12.4. The van der Waals surface area contributed by atoms with Crippen molar-refractivity contribution in [2.75, 3.05) is 0 Å². The van der Waals surface area contributed by atoms with E-state index in [-0.39, 0.29) is 11.2 Å². The van der Waals surface area contributed by atoms with Crippen LogP contribution in [0.3, 0.4) is 0 Å². The van der Waals surface area contributed by atoms with Crippen molar-refractivity contribution in [1.29, 1.82) is 0 Å². The summed E-state index contributed by atoms with van der Waals surface area (Å²) in [5.74, 6) is 0.160. The molecule has 0 aliphatic heterocycles. The van der Waals surface area contributed by atoms with E-state index < -0.39 is 9.84 Å². The molecule has 1 aliphatic carbocycles. The van der Waals surface area contributed by atoms with E-state index in [1.807, 2.05) is 49.4 Å². The molecule has 0 radical (unpaired) electrons. The van der Waals surface area contributed by atoms with Crippen molar-refractivity contribution in [1.82, 2.24) is 0 Å². The Morgan fingerprint density at radius 3 is 2.21 bits per heavy atom. The summed E-state index contributed by atoms with van der Waals surface area (Å²) < 4.78 is 25.0. The van der Waals surface area contributed by atoms with E-state index in [9.17, 15) is 8.42 Å². The highest BCUT2D eigenvalue weighted by atomic mass is 32.2. The molecule has 0 spiro atoms. The molecule has 1 fully saturated rings. The summed E-state index contributed by atoms with van der Waals surface area (Å²) in [6, 6.07) is 17.0. The summed E-state index contributed by atoms with van der Waals surface area (Å²) in [5, 5.41) is -0.252. The maximum Gasteiger partial charge on any atom is 0.181 e. The van der Waals surface area contributed by atoms with Crippen molar-refractivity contribution in [2.45, 2.75) is 29.4 Å². The number of hydrogen-bond donors (Lipinski definition) is 0. The van der Waals surface area contributed by atoms with Gasteiger partial charge >= 0.3 is 0 Å². The molecule has 0 amide bonds. The number of rotatable bonds is 3. The third-order valence-corrected chi connectivity index (χ3v) is 5.96. The van der Waals surface area contributed by atoms with Crippen molar-refractivity contribution < 1.29 is 8.42 Å². The maximum atomic E-state index is 12.5. The molecule has 0 saturated heterocycles. The van der Waals surface area contributed by atoms with Gasteiger partial charge in [0.05, 0.1) is 10.1 Å². The number of benzene rings is 2. The van der Waals surface area contributed by atoms with Crippen LogP contribution < -0.4 is 0 Å². The standard InChI is InChI=1S/C16H16O2S/c1-12-7-9-14(10-8-12)19(17,18)16-11-15(16)13-5-3-2-4-6-13/h2-10,15-16H,11H2,1H3. The van der Waals surface area contributed by atoms with Crippen LogP contribution in [0.5, 0.6) is 0 Å². The Kier molecular flexibility index (Phi) is 2.94. The van der Waals surface area contributed by atoms with Gasteiger partial charge in [-0.1, -0.05) is 48.0 Å². The van der Waals surface area contributed by atoms with Gasteiger partial charge in [-0.25, -0.2) is 8.42 Å². The molecule has 0 heterocycles. The highest BCUT2D eigenvalue weighted by Gasteiger charge is 2.48. The van der Waals surface area contributed by atoms with Crippen molar-refractivity contribution in [3.63, 3.8) is 0 Å². The van der Waals surface area contributed by atoms with Crippen LogP contribution in [-0.4, -0.2) is 13.7 Å². The van der Waals surface area contributed by atoms with Crippen LogP contribution in [0.15, 0.2) is 59.5 Å². The molecule has 1 saturated carbocycles. The first-order valence-electron chi connectivity index (χ1n) is 6.44. The van der Waals surface area contributed by atoms with Gasteiger partial charge in [0.2, 0.25) is 0 Å². The van der Waals surface area contributed by atoms with Gasteiger partial charge in [-0.05, 0) is 31.0 Å². The second-order valence-electron chi connectivity index (χ2n) is 5.15. The van der Waals surface area contributed by atoms with Crippen molar-refractivity contribution in [3.05, 3.63) is 65.7 Å². The molecule has 19 heavy (non-hydrogen) atoms. The topological polar surface area (TPSA) is 34.1 Å². The highest BCUT2D eigenvalue weighted by Crippen LogP contribution is 2.47. The minimum atomic E-state index is -3.18. The van der Waals surface area contributed by atoms with Crippen LogP contribution in [0.2, 0.25) is 0 Å². The number of hydrogen-bond acceptors (Lipinski definition) is 2. The highest BCUT2D eigenvalue weighted by molar-refractivity contribution is 7.92. The Hall–Kier alpha value is -1.61. The predicted octanol–water partition coefficient (Wildman–Crippen LogP) is 3.32. The summed E-state index contributed by atoms with van der Waals surface area (Å²) in [6.45, 7) is 1.96. The van der Waals surface area contributed by atoms with Crippen molar-refractivity contribution in [2.24, 2.45) is 0 Å². The average molecular weight is 272 g/mol. The molecular formula is C16H16O2S. The zero-order valence-corrected chi connectivity index (χ0v) is 11.6. The van der Waals surface area contributed by atoms with Crippen LogP contribution in [0.25, 0.3) is 0 Å². The molecule has 2 atom stereocenters. The van der Waals surface area contributed by atoms with Gasteiger partial charge in [0.15, 0.2) is 9.84 Å². The van der Waals surface area contributed by atoms with Crippen molar-refractivity contribution in [3.8, 4) is 0 Å². The SMILES string of the molecule is Cc1ccc(S(=O)(=O)C2CC2c2ccccc2)cc1. The quantitative estimate of drug-likeness (QED) is 0.859. The predicted molar refractivity (Wildman–Crippen MR) is 76.0 cm³/mol. The van der Waals surface area contributed by atoms with E-state index in [2.05, 4.69) is 0 Å². The number of sulfone groups is 1. The summed E-state index contributed by atoms with van der Waals surface area (Å²) in [4.78, 5) is 0.446. The maximum absolute atomic E-state index is 12.5. The average Bonchev–Trinajstić information content (AvgIpc) is 3.21. The Balaban J connectivity index is 1.86. The van der Waals surface area contributed by atoms with Gasteiger partial charge in [0, 0.05) is 5.92 Å². The number of aryl methyl sites for hydroxylation is 1. The Labute approximate surface area is 114 Å². The Morgan fingerprint density at radius 2 is 1.58 bits per heavy atom. The molecule has 0 N–H and O–H groups in total. The van der Waals surface area contributed by atoms with Crippen molar-refractivity contribution >= 4 is 9.84 Å². The zero-order chi connectivity index (χ0) is 13.5. The minimum absolute atomic E-state index is 0.160. The third kappa shape index (κ3) is 2.30. The van der Waals surface area contributed by atoms with E-state index in [1.165, 1.54) is 0 Å². The van der Waals surface area contributed by atoms with Gasteiger partial charge in [-0.15, -0.1) is 0 Å². The molecule has 0 aromatic heterocycles. The Bertz CT molecular complexity index is 672. The minimum Gasteiger partial charge on any atom is -0.223 e. The lowest BCUT2D eigenvalue weighted by atomic mass is 10.1. The van der Waals surface area contributed by atoms with Gasteiger partial charge in [0.25, 0.3) is 0 Å². The largest absolute Gasteiger partial charge is 0.223 e. The zero-order valence-electron chi connectivity index (χ0n) is 10.8. The summed E-state index contributed by atoms with van der Waals surface area (Å²) >= 11 is 0. The van der Waals surface area contributed by atoms with E-state index in [0.717, 1.165) is 17.5 Å². The fourth-order valence-corrected chi connectivity index (χ4v) is 4.38. The fraction of sp³-hybridized carbons (Fsp3) is 0.250. The molecule has 0 bridgehead atoms. The first-order valence-corrected chi connectivity index (χ1v) is 7.99. The lowest BCUT2D eigenvalue weighted by Gasteiger charge is -2.04. The molecule has 2 aromatic carbocycles. The fourth-order valence-electron chi connectivity index (χ4n) is 2.47. The molecule has 3 rings (SSSR count). The molecule has 1 aliphatic rings. The second kappa shape index (κ2) is 4.49. The van der Waals surface area contributed by atoms with E-state index in [0.29, 0.717) is 4.90 Å². The van der Waals surface area contributed by atoms with Crippen LogP contribution >= 0.6 is 0 Å². The lowest BCUT2D eigenvalue weighted by Crippen LogP contribution is -2.09. The molecule has 3 heteroatoms. The van der Waals surface area contributed by atoms with Crippen LogP contribution in [0.1, 0.15) is 23.5 Å². The van der Waals surface area contributed by atoms with E-state index in [4.69, 9.17) is 0 Å². The van der Waals surface area contributed by atoms with Crippen LogP contribution in [-0.2, 0) is 9.84 Å². The van der Waals surface area contributed by atoms with Gasteiger partial charge in [-0.2, -0.15) is 0 Å². The second-order valence-corrected chi connectivity index (χ2v) is 7.32. The Morgan fingerprint density at radius 1 is 0.947 bits per heavy atom. The molecular weight excluding hydrogens is 256 g/mol. The summed E-state index contributed by atoms with van der Waals surface area (Å²) in [6.07, 6.45) is 0.736. The lowest BCUT2D eigenvalue weighted by molar-refractivity contribution is 0.594. The first-order chi connectivity index (χ1) is 9.09. The van der Waals surface area contributed by atoms with Crippen LogP contribution in [0.4, 0.5) is 0 Å². The molecule has 2 unspecified atom stereocenters. The third-order valence-electron chi connectivity index (χ3n) is 3.71. The molecule has 2 nitrogen and oxygen atoms in total. The smallest absolute Gasteiger partial charge is 0.181 e. The summed E-state index contributed by atoms with van der Waals surface area (Å²) in [5.41, 5.74) is 2.21. The summed E-state index contributed by atoms with van der Waals surface area (Å²) in [7, 11) is -3.18. The molecule has 98 valence electrons. The van der Waals surface area contributed by atoms with Gasteiger partial charge in [-0.3, -0.25) is 0 Å². The monoisotopic (exact) mass is 272 g/mol. The van der Waals surface area contributed by atoms with E-state index >= 15 is 0 Å². The van der Waals surface area contributed by atoms with Crippen LogP contribution in [0, 0.1) is 6.92 Å². The van der Waals surface area contributed by atoms with E-state index in [1.54, 1.807) is 12.1 Å². The molecule has 2 aromatic rings. The normalized spacial score (nSPS) is 22.2.